The molecule has 1 aliphatic heterocycles. The summed E-state index contributed by atoms with van der Waals surface area (Å²) in [5, 5.41) is 2.99. The van der Waals surface area contributed by atoms with E-state index in [0.29, 0.717) is 47.9 Å². The van der Waals surface area contributed by atoms with Crippen LogP contribution in [0.4, 0.5) is 5.69 Å². The van der Waals surface area contributed by atoms with E-state index < -0.39 is 0 Å². The molecule has 0 aliphatic carbocycles. The minimum absolute atomic E-state index is 0.105. The van der Waals surface area contributed by atoms with Crippen LogP contribution >= 0.6 is 27.7 Å². The lowest BCUT2D eigenvalue weighted by molar-refractivity contribution is -0.122. The Morgan fingerprint density at radius 2 is 1.75 bits per heavy atom. The van der Waals surface area contributed by atoms with E-state index in [2.05, 4.69) is 46.3 Å². The first-order chi connectivity index (χ1) is 19.6. The number of nitrogens with zero attached hydrogens (tertiary/aromatic N) is 2. The van der Waals surface area contributed by atoms with E-state index in [1.165, 1.54) is 22.5 Å². The number of hydrogen-bond donors (Lipinski definition) is 0. The molecule has 0 N–H and O–H groups in total. The zero-order valence-electron chi connectivity index (χ0n) is 22.3. The number of carbonyl (C=O) groups excluding carboxylic acids is 1. The predicted octanol–water partition coefficient (Wildman–Crippen LogP) is 7.83. The van der Waals surface area contributed by atoms with Crippen molar-refractivity contribution in [2.24, 2.45) is 4.99 Å². The van der Waals surface area contributed by atoms with Crippen molar-refractivity contribution in [3.05, 3.63) is 105 Å². The molecule has 0 saturated carbocycles. The molecule has 0 bridgehead atoms. The standard InChI is InChI=1S/C32H29BrN2O4S/c1-3-38-16-15-35-31(36)29(40-32(35)34-26-11-5-4-6-12-26)20-23-18-27(33)30(28(19-23)37-2)39-21-22-13-14-24-9-7-8-10-25(24)17-22/h4-14,17-20H,3,15-16,21H2,1-2H3/b29-20-,34-32?. The highest BCUT2D eigenvalue weighted by Crippen LogP contribution is 2.40. The maximum absolute atomic E-state index is 13.4. The van der Waals surface area contributed by atoms with Gasteiger partial charge in [0.1, 0.15) is 6.61 Å². The molecule has 0 spiro atoms. The molecule has 0 atom stereocenters. The number of thioether (sulfide) groups is 1. The Hall–Kier alpha value is -3.59. The van der Waals surface area contributed by atoms with Gasteiger partial charge >= 0.3 is 0 Å². The van der Waals surface area contributed by atoms with Crippen LogP contribution < -0.4 is 9.47 Å². The van der Waals surface area contributed by atoms with Crippen LogP contribution in [0, 0.1) is 0 Å². The number of halogens is 1. The number of para-hydroxylation sites is 1. The molecule has 1 saturated heterocycles. The van der Waals surface area contributed by atoms with Crippen molar-refractivity contribution in [1.82, 2.24) is 4.90 Å². The number of carbonyl (C=O) groups is 1. The largest absolute Gasteiger partial charge is 0.493 e. The zero-order valence-corrected chi connectivity index (χ0v) is 24.7. The first-order valence-corrected chi connectivity index (χ1v) is 14.6. The van der Waals surface area contributed by atoms with Crippen molar-refractivity contribution in [3.8, 4) is 11.5 Å². The number of methoxy groups -OCH3 is 1. The molecule has 4 aromatic rings. The Kier molecular flexibility index (Phi) is 9.21. The highest BCUT2D eigenvalue weighted by atomic mass is 79.9. The summed E-state index contributed by atoms with van der Waals surface area (Å²) in [5.74, 6) is 1.07. The minimum atomic E-state index is -0.105. The number of hydrogen-bond acceptors (Lipinski definition) is 6. The summed E-state index contributed by atoms with van der Waals surface area (Å²) in [4.78, 5) is 20.4. The van der Waals surface area contributed by atoms with Crippen molar-refractivity contribution in [2.75, 3.05) is 26.9 Å². The molecule has 0 aromatic heterocycles. The van der Waals surface area contributed by atoms with Crippen molar-refractivity contribution < 1.29 is 19.0 Å². The van der Waals surface area contributed by atoms with Crippen molar-refractivity contribution in [1.29, 1.82) is 0 Å². The summed E-state index contributed by atoms with van der Waals surface area (Å²) < 4.78 is 18.1. The van der Waals surface area contributed by atoms with Gasteiger partial charge < -0.3 is 14.2 Å². The van der Waals surface area contributed by atoms with Gasteiger partial charge in [-0.3, -0.25) is 9.69 Å². The normalized spacial score (nSPS) is 15.4. The van der Waals surface area contributed by atoms with Gasteiger partial charge in [-0.15, -0.1) is 0 Å². The van der Waals surface area contributed by atoms with Gasteiger partial charge in [-0.1, -0.05) is 54.6 Å². The second-order valence-corrected chi connectivity index (χ2v) is 10.9. The van der Waals surface area contributed by atoms with Crippen LogP contribution in [0.3, 0.4) is 0 Å². The van der Waals surface area contributed by atoms with E-state index >= 15 is 0 Å². The van der Waals surface area contributed by atoms with Crippen molar-refractivity contribution in [2.45, 2.75) is 13.5 Å². The average molecular weight is 618 g/mol. The van der Waals surface area contributed by atoms with Crippen LogP contribution in [0.25, 0.3) is 16.8 Å². The molecule has 5 rings (SSSR count). The van der Waals surface area contributed by atoms with Crippen LogP contribution in [0.2, 0.25) is 0 Å². The lowest BCUT2D eigenvalue weighted by Crippen LogP contribution is -2.32. The zero-order chi connectivity index (χ0) is 27.9. The van der Waals surface area contributed by atoms with Crippen LogP contribution in [0.5, 0.6) is 11.5 Å². The molecule has 8 heteroatoms. The number of aliphatic imine (C=N–C) groups is 1. The van der Waals surface area contributed by atoms with Crippen LogP contribution in [-0.4, -0.2) is 42.8 Å². The van der Waals surface area contributed by atoms with E-state index in [-0.39, 0.29) is 5.91 Å². The Bertz CT molecular complexity index is 1570. The third-order valence-electron chi connectivity index (χ3n) is 6.28. The third kappa shape index (κ3) is 6.58. The monoisotopic (exact) mass is 616 g/mol. The highest BCUT2D eigenvalue weighted by Gasteiger charge is 2.33. The van der Waals surface area contributed by atoms with Gasteiger partial charge in [-0.2, -0.15) is 0 Å². The quantitative estimate of drug-likeness (QED) is 0.134. The molecule has 0 radical (unpaired) electrons. The molecule has 0 unspecified atom stereocenters. The van der Waals surface area contributed by atoms with E-state index in [4.69, 9.17) is 19.2 Å². The van der Waals surface area contributed by atoms with E-state index in [1.807, 2.05) is 67.6 Å². The van der Waals surface area contributed by atoms with E-state index in [1.54, 1.807) is 12.0 Å². The van der Waals surface area contributed by atoms with Crippen molar-refractivity contribution in [3.63, 3.8) is 0 Å². The summed E-state index contributed by atoms with van der Waals surface area (Å²) in [5.41, 5.74) is 2.66. The SMILES string of the molecule is CCOCCN1C(=O)/C(=C/c2cc(Br)c(OCc3ccc4ccccc4c3)c(OC)c2)SC1=Nc1ccccc1. The average Bonchev–Trinajstić information content (AvgIpc) is 3.25. The fraction of sp³-hybridized carbons (Fsp3) is 0.188. The number of fused-ring (bicyclic) bond motifs is 1. The van der Waals surface area contributed by atoms with Crippen molar-refractivity contribution >= 4 is 61.3 Å². The topological polar surface area (TPSA) is 60.4 Å². The first kappa shape index (κ1) is 28.0. The predicted molar refractivity (Wildman–Crippen MR) is 166 cm³/mol. The van der Waals surface area contributed by atoms with Crippen LogP contribution in [0.15, 0.2) is 99.3 Å². The smallest absolute Gasteiger partial charge is 0.266 e. The summed E-state index contributed by atoms with van der Waals surface area (Å²) in [6, 6.07) is 28.0. The fourth-order valence-electron chi connectivity index (χ4n) is 4.30. The van der Waals surface area contributed by atoms with Gasteiger partial charge in [-0.25, -0.2) is 4.99 Å². The van der Waals surface area contributed by atoms with E-state index in [9.17, 15) is 4.79 Å². The lowest BCUT2D eigenvalue weighted by Gasteiger charge is -2.15. The summed E-state index contributed by atoms with van der Waals surface area (Å²) in [6.07, 6.45) is 1.86. The molecular formula is C32H29BrN2O4S. The Morgan fingerprint density at radius 3 is 2.52 bits per heavy atom. The molecule has 1 fully saturated rings. The lowest BCUT2D eigenvalue weighted by atomic mass is 10.1. The summed E-state index contributed by atoms with van der Waals surface area (Å²) >= 11 is 5.00. The van der Waals surface area contributed by atoms with Gasteiger partial charge in [0.25, 0.3) is 5.91 Å². The molecular weight excluding hydrogens is 588 g/mol. The molecule has 204 valence electrons. The third-order valence-corrected chi connectivity index (χ3v) is 7.87. The van der Waals surface area contributed by atoms with E-state index in [0.717, 1.165) is 21.3 Å². The fourth-order valence-corrected chi connectivity index (χ4v) is 5.90. The number of amides is 1. The molecule has 1 amide bonds. The highest BCUT2D eigenvalue weighted by molar-refractivity contribution is 9.10. The number of ether oxygens (including phenoxy) is 3. The van der Waals surface area contributed by atoms with Gasteiger partial charge in [0, 0.05) is 6.61 Å². The maximum Gasteiger partial charge on any atom is 0.266 e. The van der Waals surface area contributed by atoms with Gasteiger partial charge in [0.2, 0.25) is 0 Å². The summed E-state index contributed by atoms with van der Waals surface area (Å²) in [7, 11) is 1.61. The molecule has 4 aromatic carbocycles. The second kappa shape index (κ2) is 13.2. The number of rotatable bonds is 10. The minimum Gasteiger partial charge on any atom is -0.493 e. The molecule has 6 nitrogen and oxygen atoms in total. The van der Waals surface area contributed by atoms with Gasteiger partial charge in [-0.05, 0) is 92.9 Å². The molecule has 40 heavy (non-hydrogen) atoms. The van der Waals surface area contributed by atoms with Crippen LogP contribution in [-0.2, 0) is 16.1 Å². The maximum atomic E-state index is 13.4. The number of amidine groups is 1. The Morgan fingerprint density at radius 1 is 0.975 bits per heavy atom. The molecule has 1 aliphatic rings. The number of benzene rings is 4. The second-order valence-electron chi connectivity index (χ2n) is 9.00. The summed E-state index contributed by atoms with van der Waals surface area (Å²) in [6.45, 7) is 3.78. The Balaban J connectivity index is 1.38. The molecule has 1 heterocycles. The van der Waals surface area contributed by atoms with Crippen LogP contribution in [0.1, 0.15) is 18.1 Å². The Labute approximate surface area is 246 Å². The van der Waals surface area contributed by atoms with Gasteiger partial charge in [0.05, 0.1) is 35.3 Å². The first-order valence-electron chi connectivity index (χ1n) is 13.0. The van der Waals surface area contributed by atoms with Gasteiger partial charge in [0.15, 0.2) is 16.7 Å².